The number of ether oxygens (including phenoxy) is 24. The Morgan fingerprint density at radius 3 is 0.956 bits per heavy atom. The monoisotopic (exact) mass is 1980 g/mol. The van der Waals surface area contributed by atoms with E-state index < -0.39 is 428 Å². The highest BCUT2D eigenvalue weighted by atomic mass is 16.8. The van der Waals surface area contributed by atoms with Crippen LogP contribution in [0.2, 0.25) is 0 Å². The highest BCUT2D eigenvalue weighted by Gasteiger charge is 2.63. The lowest BCUT2D eigenvalue weighted by Gasteiger charge is -2.52. The van der Waals surface area contributed by atoms with E-state index in [0.717, 1.165) is 49.0 Å². The normalized spacial score (nSPS) is 49.0. The summed E-state index contributed by atoms with van der Waals surface area (Å²) in [4.78, 5) is 52.7. The standard InChI is InChI=1S/C76H128N4O55/c1-19(88)77-34-46(101)56(28(12-85)119-66(34)111)129-67-35(78-20(2)89)48(103)58(30(14-87)124-67)131-76-65(135-71-51(106)38(93)23(92)15-115-71)63(45(100)33(128-76)18-116-70-52(107)49(104)39(94)24(8-81)120-70)133-75-64(50(105)40(95)25(9-82)123-75)134-68-36(79-21(3)90)47(102)57(29(13-86)125-68)130-69-37(80-22(4)91)59(43(98)31(126-69)16-117-72-53(108)60(112-5)41(96)26(10-83)121-72)132-74-55(110)62(114-7)44(99)32(127-74)17-118-73-54(109)61(113-6)42(97)27(11-84)122-73/h23-76,81-87,92-111H,8-18H2,1-7H3,(H,77,88)(H,78,89)(H,79,90)(H,80,91)/t23-,24-,25-,26-,27-,28-,29-,30-,31-,32-,33-,34-,35-,36-,37-,38+,39-,40-,41+,42+,43+,44+,45-,46-,47-,48-,49+,50+,51-,52+,53-,54-,55-,56-,57-,58-,59-,60-,61+,62+,63+,64+,65+,66?,67+,68+,69+,70+,71+,72-,73-,74+,75-,76+/m1/s1. The Morgan fingerprint density at radius 2 is 0.519 bits per heavy atom. The molecule has 0 radical (unpaired) electrons. The lowest BCUT2D eigenvalue weighted by molar-refractivity contribution is -0.411. The first kappa shape index (κ1) is 111. The molecule has 11 fully saturated rings. The summed E-state index contributed by atoms with van der Waals surface area (Å²) in [6, 6.07) is -7.86. The van der Waals surface area contributed by atoms with Crippen LogP contribution < -0.4 is 21.3 Å². The average Bonchev–Trinajstić information content (AvgIpc) is 0.762. The number of carbonyl (C=O) groups excluding carboxylic acids is 4. The van der Waals surface area contributed by atoms with Crippen molar-refractivity contribution in [3.8, 4) is 0 Å². The quantitative estimate of drug-likeness (QED) is 0.0275. The molecule has 1 unspecified atom stereocenters. The van der Waals surface area contributed by atoms with Gasteiger partial charge in [0.15, 0.2) is 69.2 Å². The maximum atomic E-state index is 13.6. The number of carbonyl (C=O) groups is 4. The third-order valence-electron chi connectivity index (χ3n) is 24.9. The van der Waals surface area contributed by atoms with E-state index in [-0.39, 0.29) is 0 Å². The Bertz CT molecular complexity index is 3650. The predicted octanol–water partition coefficient (Wildman–Crippen LogP) is -21.8. The van der Waals surface area contributed by atoms with E-state index in [0.29, 0.717) is 0 Å². The fourth-order valence-corrected chi connectivity index (χ4v) is 17.7. The maximum absolute atomic E-state index is 13.6. The van der Waals surface area contributed by atoms with E-state index in [1.165, 1.54) is 0 Å². The molecule has 0 aromatic rings. The molecule has 54 atom stereocenters. The van der Waals surface area contributed by atoms with Crippen LogP contribution in [0.3, 0.4) is 0 Å². The first-order valence-corrected chi connectivity index (χ1v) is 43.2. The van der Waals surface area contributed by atoms with Crippen molar-refractivity contribution in [2.45, 2.75) is 359 Å². The number of aliphatic hydroxyl groups excluding tert-OH is 27. The van der Waals surface area contributed by atoms with Crippen molar-refractivity contribution in [3.63, 3.8) is 0 Å². The van der Waals surface area contributed by atoms with Crippen molar-refractivity contribution >= 4 is 23.6 Å². The van der Waals surface area contributed by atoms with E-state index in [1.54, 1.807) is 0 Å². The number of hydrogen-bond acceptors (Lipinski definition) is 55. The Balaban J connectivity index is 0.943. The van der Waals surface area contributed by atoms with E-state index >= 15 is 0 Å². The molecular formula is C76H128N4O55. The van der Waals surface area contributed by atoms with Crippen LogP contribution in [0.25, 0.3) is 0 Å². The van der Waals surface area contributed by atoms with Crippen molar-refractivity contribution in [2.24, 2.45) is 0 Å². The molecule has 0 aromatic carbocycles. The third-order valence-corrected chi connectivity index (χ3v) is 24.9. The molecule has 11 aliphatic heterocycles. The second kappa shape index (κ2) is 49.4. The van der Waals surface area contributed by atoms with Gasteiger partial charge < -0.3 is 273 Å². The van der Waals surface area contributed by atoms with Crippen molar-refractivity contribution in [1.82, 2.24) is 21.3 Å². The zero-order chi connectivity index (χ0) is 99.1. The maximum Gasteiger partial charge on any atom is 0.217 e. The predicted molar refractivity (Wildman–Crippen MR) is 417 cm³/mol. The van der Waals surface area contributed by atoms with Crippen LogP contribution in [0.4, 0.5) is 0 Å². The summed E-state index contributed by atoms with van der Waals surface area (Å²) < 4.78 is 144. The largest absolute Gasteiger partial charge is 0.394 e. The fourth-order valence-electron chi connectivity index (χ4n) is 17.7. The number of aliphatic hydroxyl groups is 27. The zero-order valence-electron chi connectivity index (χ0n) is 73.5. The van der Waals surface area contributed by atoms with Crippen molar-refractivity contribution < 1.29 is 271 Å². The Labute approximate surface area is 766 Å². The second-order valence-corrected chi connectivity index (χ2v) is 34.0. The first-order valence-electron chi connectivity index (χ1n) is 43.2. The molecule has 0 aliphatic carbocycles. The molecule has 59 nitrogen and oxygen atoms in total. The lowest BCUT2D eigenvalue weighted by Crippen LogP contribution is -2.72. The molecule has 59 heteroatoms. The minimum absolute atomic E-state index is 0.806. The summed E-state index contributed by atoms with van der Waals surface area (Å²) >= 11 is 0. The van der Waals surface area contributed by atoms with Gasteiger partial charge in [0.05, 0.1) is 72.7 Å². The van der Waals surface area contributed by atoms with E-state index in [9.17, 15) is 157 Å². The highest BCUT2D eigenvalue weighted by Crippen LogP contribution is 2.42. The summed E-state index contributed by atoms with van der Waals surface area (Å²) in [5, 5.41) is 316. The lowest BCUT2D eigenvalue weighted by atomic mass is 9.93. The second-order valence-electron chi connectivity index (χ2n) is 34.0. The molecule has 0 bridgehead atoms. The van der Waals surface area contributed by atoms with Gasteiger partial charge in [-0.1, -0.05) is 0 Å². The van der Waals surface area contributed by atoms with E-state index in [4.69, 9.17) is 114 Å². The smallest absolute Gasteiger partial charge is 0.217 e. The Morgan fingerprint density at radius 1 is 0.237 bits per heavy atom. The molecular weight excluding hydrogens is 1850 g/mol. The van der Waals surface area contributed by atoms with Gasteiger partial charge in [-0.2, -0.15) is 0 Å². The van der Waals surface area contributed by atoms with Gasteiger partial charge in [-0.05, 0) is 0 Å². The molecule has 0 saturated carbocycles. The number of nitrogens with one attached hydrogen (secondary N) is 4. The number of rotatable bonds is 37. The molecule has 11 heterocycles. The molecule has 11 saturated heterocycles. The Kier molecular flexibility index (Phi) is 40.7. The summed E-state index contributed by atoms with van der Waals surface area (Å²) in [5.41, 5.74) is 0. The topological polar surface area (TPSA) is 884 Å². The van der Waals surface area contributed by atoms with Crippen LogP contribution >= 0.6 is 0 Å². The van der Waals surface area contributed by atoms with Crippen LogP contribution in [0.5, 0.6) is 0 Å². The van der Waals surface area contributed by atoms with Crippen LogP contribution in [0.1, 0.15) is 27.7 Å². The molecule has 4 amide bonds. The van der Waals surface area contributed by atoms with Crippen molar-refractivity contribution in [2.75, 3.05) is 94.0 Å². The minimum Gasteiger partial charge on any atom is -0.394 e. The third kappa shape index (κ3) is 24.9. The number of methoxy groups -OCH3 is 3. The van der Waals surface area contributed by atoms with Crippen LogP contribution in [-0.4, -0.2) is 587 Å². The molecule has 31 N–H and O–H groups in total. The van der Waals surface area contributed by atoms with E-state index in [2.05, 4.69) is 21.3 Å². The summed E-state index contributed by atoms with van der Waals surface area (Å²) in [7, 11) is 3.26. The summed E-state index contributed by atoms with van der Waals surface area (Å²) in [5.74, 6) is -3.84. The molecule has 135 heavy (non-hydrogen) atoms. The van der Waals surface area contributed by atoms with E-state index in [1.807, 2.05) is 0 Å². The zero-order valence-corrected chi connectivity index (χ0v) is 73.5. The van der Waals surface area contributed by atoms with Gasteiger partial charge in [0, 0.05) is 49.0 Å². The van der Waals surface area contributed by atoms with Crippen molar-refractivity contribution in [3.05, 3.63) is 0 Å². The van der Waals surface area contributed by atoms with Crippen LogP contribution in [0, 0.1) is 0 Å². The summed E-state index contributed by atoms with van der Waals surface area (Å²) in [6.45, 7) is -7.65. The van der Waals surface area contributed by atoms with Crippen LogP contribution in [0.15, 0.2) is 0 Å². The average molecular weight is 1980 g/mol. The SMILES string of the molecule is CO[C@@H]1[C@@H](O)[C@@H](CO)O[C@@H](OC[C@H]2O[C@@H](O[C@H]3[C@H](O)[C@@H](NC(C)=O)[C@H](O[C@@H]4[C@@H](O[C@H]5[C@H](O)[C@@H](CO[C@H]6O[C@H](CO)[C@@H](O)[C@H](O)[C@@H]6O)O[C@@H](O[C@H]6[C@H](O)[C@@H](NC(C)=O)[C@H](O[C@H]7[C@H](O)[C@@H](NC(C)=O)C(O)O[C@@H]7CO)O[C@@H]6CO)[C@H]5O[C@@H]5OC[C@@H](O)[C@H](O)[C@H]5O)O[C@H](CO)[C@@H](O)[C@@H]4O)O[C@@H]3CO)[C@H](NC(C)=O)[C@@H](O[C@@H]3O[C@H](CO[C@@H]4O[C@H](CO)[C@H](O)[C@H](OC)[C@H]4O)[C@H](O)[C@H](OC)[C@H]3O)[C@H]2O)[C@@H]1O. The van der Waals surface area contributed by atoms with Gasteiger partial charge in [-0.15, -0.1) is 0 Å². The molecule has 0 spiro atoms. The number of amides is 4. The first-order chi connectivity index (χ1) is 64.1. The fraction of sp³-hybridized carbons (Fsp3) is 0.947. The summed E-state index contributed by atoms with van der Waals surface area (Å²) in [6.07, 6.45) is -103. The van der Waals surface area contributed by atoms with Gasteiger partial charge in [0.1, 0.15) is 262 Å². The van der Waals surface area contributed by atoms with Gasteiger partial charge in [0.2, 0.25) is 23.6 Å². The Hall–Kier alpha value is -4.16. The van der Waals surface area contributed by atoms with Gasteiger partial charge in [0.25, 0.3) is 0 Å². The minimum atomic E-state index is -2.56. The molecule has 782 valence electrons. The van der Waals surface area contributed by atoms with Gasteiger partial charge in [-0.3, -0.25) is 19.2 Å². The van der Waals surface area contributed by atoms with Gasteiger partial charge in [-0.25, -0.2) is 0 Å². The number of hydrogen-bond donors (Lipinski definition) is 31. The molecule has 11 aliphatic rings. The van der Waals surface area contributed by atoms with Gasteiger partial charge >= 0.3 is 0 Å². The molecule has 0 aromatic heterocycles. The molecule has 11 rings (SSSR count). The van der Waals surface area contributed by atoms with Crippen molar-refractivity contribution in [1.29, 1.82) is 0 Å². The highest BCUT2D eigenvalue weighted by molar-refractivity contribution is 5.74. The van der Waals surface area contributed by atoms with Crippen LogP contribution in [-0.2, 0) is 133 Å².